The van der Waals surface area contributed by atoms with Gasteiger partial charge in [0.2, 0.25) is 0 Å². The Labute approximate surface area is 105 Å². The van der Waals surface area contributed by atoms with Gasteiger partial charge in [-0.1, -0.05) is 0 Å². The van der Waals surface area contributed by atoms with E-state index >= 15 is 0 Å². The summed E-state index contributed by atoms with van der Waals surface area (Å²) in [6.07, 6.45) is 0. The zero-order valence-electron chi connectivity index (χ0n) is 9.42. The quantitative estimate of drug-likeness (QED) is 0.470. The van der Waals surface area contributed by atoms with Gasteiger partial charge in [-0.2, -0.15) is 14.0 Å². The zero-order chi connectivity index (χ0) is 14.6. The van der Waals surface area contributed by atoms with E-state index in [0.717, 1.165) is 19.2 Å². The van der Waals surface area contributed by atoms with Crippen LogP contribution in [0.25, 0.3) is 0 Å². The van der Waals surface area contributed by atoms with Crippen LogP contribution in [0.1, 0.15) is 15.9 Å². The average molecular weight is 272 g/mol. The Kier molecular flexibility index (Phi) is 4.31. The van der Waals surface area contributed by atoms with Gasteiger partial charge >= 0.3 is 18.3 Å². The van der Waals surface area contributed by atoms with E-state index in [-0.39, 0.29) is 0 Å². The molecule has 0 saturated heterocycles. The van der Waals surface area contributed by atoms with E-state index in [1.165, 1.54) is 6.07 Å². The van der Waals surface area contributed by atoms with E-state index in [9.17, 15) is 23.7 Å². The molecule has 19 heavy (non-hydrogen) atoms. The van der Waals surface area contributed by atoms with E-state index in [1.54, 1.807) is 0 Å². The number of alkyl halides is 2. The summed E-state index contributed by atoms with van der Waals surface area (Å²) < 4.78 is 32.5. The molecule has 0 fully saturated rings. The fraction of sp³-hybridized carbons (Fsp3) is 0.200. The van der Waals surface area contributed by atoms with Crippen LogP contribution < -0.4 is 4.74 Å². The molecule has 1 aromatic rings. The molecule has 1 aromatic carbocycles. The molecule has 0 bridgehead atoms. The van der Waals surface area contributed by atoms with Crippen molar-refractivity contribution in [1.29, 1.82) is 5.26 Å². The van der Waals surface area contributed by atoms with Crippen LogP contribution >= 0.6 is 0 Å². The predicted molar refractivity (Wildman–Crippen MR) is 55.8 cm³/mol. The minimum absolute atomic E-state index is 0.523. The normalized spacial score (nSPS) is 9.84. The molecular formula is C10H6F2N2O5. The van der Waals surface area contributed by atoms with Gasteiger partial charge in [-0.25, -0.2) is 4.79 Å². The number of esters is 1. The summed E-state index contributed by atoms with van der Waals surface area (Å²) in [6.45, 7) is -3.25. The molecule has 9 heteroatoms. The van der Waals surface area contributed by atoms with Gasteiger partial charge in [-0.15, -0.1) is 0 Å². The number of carbonyl (C=O) groups excluding carboxylic acids is 1. The number of carbonyl (C=O) groups is 1. The predicted octanol–water partition coefficient (Wildman–Crippen LogP) is 1.85. The Morgan fingerprint density at radius 1 is 1.53 bits per heavy atom. The fourth-order valence-electron chi connectivity index (χ4n) is 1.34. The monoisotopic (exact) mass is 272 g/mol. The second-order valence-corrected chi connectivity index (χ2v) is 3.07. The molecule has 0 spiro atoms. The van der Waals surface area contributed by atoms with Gasteiger partial charge in [0.1, 0.15) is 11.6 Å². The van der Waals surface area contributed by atoms with Gasteiger partial charge in [0, 0.05) is 0 Å². The Bertz CT molecular complexity index is 568. The van der Waals surface area contributed by atoms with Crippen molar-refractivity contribution >= 4 is 11.7 Å². The number of halogens is 2. The van der Waals surface area contributed by atoms with Crippen LogP contribution in [0.2, 0.25) is 0 Å². The van der Waals surface area contributed by atoms with Crippen molar-refractivity contribution in [3.8, 4) is 11.8 Å². The number of hydrogen-bond acceptors (Lipinski definition) is 6. The number of methoxy groups -OCH3 is 1. The van der Waals surface area contributed by atoms with Crippen molar-refractivity contribution in [3.05, 3.63) is 33.4 Å². The Hall–Kier alpha value is -2.76. The molecule has 1 rings (SSSR count). The molecule has 0 N–H and O–H groups in total. The molecule has 0 aromatic heterocycles. The summed E-state index contributed by atoms with van der Waals surface area (Å²) >= 11 is 0. The van der Waals surface area contributed by atoms with Gasteiger partial charge in [0.15, 0.2) is 11.3 Å². The van der Waals surface area contributed by atoms with Crippen LogP contribution in [-0.2, 0) is 4.74 Å². The molecule has 0 saturated carbocycles. The molecule has 0 unspecified atom stereocenters. The molecule has 0 aliphatic rings. The molecular weight excluding hydrogens is 266 g/mol. The van der Waals surface area contributed by atoms with Crippen molar-refractivity contribution < 1.29 is 28.0 Å². The van der Waals surface area contributed by atoms with Crippen molar-refractivity contribution in [2.45, 2.75) is 6.61 Å². The van der Waals surface area contributed by atoms with Gasteiger partial charge < -0.3 is 9.47 Å². The minimum Gasteiger partial charge on any atom is -0.465 e. The van der Waals surface area contributed by atoms with Crippen LogP contribution in [0.5, 0.6) is 5.75 Å². The summed E-state index contributed by atoms with van der Waals surface area (Å²) in [5, 5.41) is 19.7. The number of benzene rings is 1. The van der Waals surface area contributed by atoms with Gasteiger partial charge in [0.05, 0.1) is 12.0 Å². The van der Waals surface area contributed by atoms with Crippen LogP contribution in [-0.4, -0.2) is 24.6 Å². The second-order valence-electron chi connectivity index (χ2n) is 3.07. The lowest BCUT2D eigenvalue weighted by molar-refractivity contribution is -0.385. The number of ether oxygens (including phenoxy) is 2. The number of nitriles is 1. The van der Waals surface area contributed by atoms with Crippen LogP contribution in [0, 0.1) is 21.4 Å². The molecule has 7 nitrogen and oxygen atoms in total. The smallest absolute Gasteiger partial charge is 0.387 e. The Morgan fingerprint density at radius 2 is 2.16 bits per heavy atom. The van der Waals surface area contributed by atoms with Gasteiger partial charge in [-0.3, -0.25) is 10.1 Å². The van der Waals surface area contributed by atoms with Crippen molar-refractivity contribution in [2.24, 2.45) is 0 Å². The maximum Gasteiger partial charge on any atom is 0.387 e. The van der Waals surface area contributed by atoms with E-state index in [0.29, 0.717) is 0 Å². The third-order valence-corrected chi connectivity index (χ3v) is 2.06. The van der Waals surface area contributed by atoms with E-state index in [4.69, 9.17) is 5.26 Å². The number of nitrogens with zero attached hydrogens (tertiary/aromatic N) is 2. The van der Waals surface area contributed by atoms with Crippen molar-refractivity contribution in [1.82, 2.24) is 0 Å². The maximum atomic E-state index is 12.1. The number of hydrogen-bond donors (Lipinski definition) is 0. The van der Waals surface area contributed by atoms with Crippen LogP contribution in [0.4, 0.5) is 14.5 Å². The third-order valence-electron chi connectivity index (χ3n) is 2.06. The average Bonchev–Trinajstić information content (AvgIpc) is 2.36. The van der Waals surface area contributed by atoms with Gasteiger partial charge in [-0.05, 0) is 12.1 Å². The summed E-state index contributed by atoms with van der Waals surface area (Å²) in [7, 11) is 0.988. The van der Waals surface area contributed by atoms with Crippen molar-refractivity contribution in [2.75, 3.05) is 7.11 Å². The van der Waals surface area contributed by atoms with E-state index in [1.807, 2.05) is 0 Å². The SMILES string of the molecule is COC(=O)c1ccc(OC(F)F)c(C#N)c1[N+](=O)[O-]. The lowest BCUT2D eigenvalue weighted by atomic mass is 10.1. The standard InChI is InChI=1S/C10H6F2N2O5/c1-18-9(15)5-2-3-7(19-10(11)12)6(4-13)8(5)14(16)17/h2-3,10H,1H3. The molecule has 0 amide bonds. The first-order valence-corrected chi connectivity index (χ1v) is 4.67. The first-order chi connectivity index (χ1) is 8.92. The molecule has 0 aliphatic heterocycles. The summed E-state index contributed by atoms with van der Waals surface area (Å²) in [5.41, 5.74) is -2.23. The summed E-state index contributed by atoms with van der Waals surface area (Å²) in [4.78, 5) is 21.1. The number of nitro groups is 1. The highest BCUT2D eigenvalue weighted by atomic mass is 19.3. The molecule has 0 heterocycles. The van der Waals surface area contributed by atoms with Gasteiger partial charge in [0.25, 0.3) is 0 Å². The largest absolute Gasteiger partial charge is 0.465 e. The molecule has 0 radical (unpaired) electrons. The highest BCUT2D eigenvalue weighted by molar-refractivity contribution is 5.95. The Morgan fingerprint density at radius 3 is 2.58 bits per heavy atom. The number of nitro benzene ring substituents is 1. The lowest BCUT2D eigenvalue weighted by Gasteiger charge is -2.08. The molecule has 0 atom stereocenters. The van der Waals surface area contributed by atoms with Crippen LogP contribution in [0.3, 0.4) is 0 Å². The second kappa shape index (κ2) is 5.72. The lowest BCUT2D eigenvalue weighted by Crippen LogP contribution is -2.10. The van der Waals surface area contributed by atoms with Crippen LogP contribution in [0.15, 0.2) is 12.1 Å². The highest BCUT2D eigenvalue weighted by Gasteiger charge is 2.29. The summed E-state index contributed by atoms with van der Waals surface area (Å²) in [5.74, 6) is -1.75. The topological polar surface area (TPSA) is 102 Å². The Balaban J connectivity index is 3.53. The zero-order valence-corrected chi connectivity index (χ0v) is 9.42. The third kappa shape index (κ3) is 2.92. The minimum atomic E-state index is -3.25. The molecule has 0 aliphatic carbocycles. The molecule has 100 valence electrons. The first kappa shape index (κ1) is 14.3. The first-order valence-electron chi connectivity index (χ1n) is 4.67. The summed E-state index contributed by atoms with van der Waals surface area (Å²) in [6, 6.07) is 3.11. The maximum absolute atomic E-state index is 12.1. The fourth-order valence-corrected chi connectivity index (χ4v) is 1.34. The van der Waals surface area contributed by atoms with Crippen molar-refractivity contribution in [3.63, 3.8) is 0 Å². The van der Waals surface area contributed by atoms with E-state index in [2.05, 4.69) is 9.47 Å². The van der Waals surface area contributed by atoms with E-state index < -0.39 is 40.1 Å². The highest BCUT2D eigenvalue weighted by Crippen LogP contribution is 2.32. The number of rotatable bonds is 4.